The second-order valence-corrected chi connectivity index (χ2v) is 51.1. The van der Waals surface area contributed by atoms with Crippen LogP contribution in [0.5, 0.6) is 0 Å². The smallest absolute Gasteiger partial charge is 0.121 e. The Kier molecular flexibility index (Phi) is 8.65. The van der Waals surface area contributed by atoms with E-state index in [1.807, 2.05) is 0 Å². The lowest BCUT2D eigenvalue weighted by Gasteiger charge is -2.37. The predicted molar refractivity (Wildman–Crippen MR) is 189 cm³/mol. The zero-order valence-corrected chi connectivity index (χ0v) is 34.5. The van der Waals surface area contributed by atoms with Crippen LogP contribution < -0.4 is 0 Å². The minimum absolute atomic E-state index is 1.38. The van der Waals surface area contributed by atoms with Crippen molar-refractivity contribution in [2.45, 2.75) is 118 Å². The summed E-state index contributed by atoms with van der Waals surface area (Å²) < 4.78 is 0. The molecule has 0 fully saturated rings. The molecule has 0 aromatic rings. The third kappa shape index (κ3) is 6.77. The summed E-state index contributed by atoms with van der Waals surface area (Å²) >= 11 is 0. The van der Waals surface area contributed by atoms with Gasteiger partial charge in [0, 0.05) is 11.1 Å². The molecule has 7 heteroatoms. The molecule has 0 nitrogen and oxygen atoms in total. The first-order valence-corrected chi connectivity index (χ1v) is 37.0. The first-order chi connectivity index (χ1) is 16.1. The highest BCUT2D eigenvalue weighted by molar-refractivity contribution is 7.17. The topological polar surface area (TPSA) is 0 Å². The highest BCUT2D eigenvalue weighted by atomic mass is 28.4. The lowest BCUT2D eigenvalue weighted by Crippen LogP contribution is -2.48. The number of allylic oxidation sites excluding steroid dienone is 2. The van der Waals surface area contributed by atoms with Gasteiger partial charge in [0.25, 0.3) is 0 Å². The van der Waals surface area contributed by atoms with E-state index in [1.165, 1.54) is 20.8 Å². The van der Waals surface area contributed by atoms with Crippen molar-refractivity contribution < 1.29 is 0 Å². The van der Waals surface area contributed by atoms with Crippen LogP contribution in [-0.2, 0) is 0 Å². The average molecular weight is 611 g/mol. The van der Waals surface area contributed by atoms with E-state index in [-0.39, 0.29) is 0 Å². The van der Waals surface area contributed by atoms with Crippen LogP contribution in [-0.4, -0.2) is 56.5 Å². The molecule has 2 heterocycles. The molecule has 0 saturated heterocycles. The van der Waals surface area contributed by atoms with E-state index in [1.54, 1.807) is 9.64 Å². The molecule has 0 saturated carbocycles. The lowest BCUT2D eigenvalue weighted by molar-refractivity contribution is 1.60. The summed E-state index contributed by atoms with van der Waals surface area (Å²) in [6.45, 7) is 45.2. The third-order valence-electron chi connectivity index (χ3n) is 7.56. The van der Waals surface area contributed by atoms with Crippen molar-refractivity contribution in [2.75, 3.05) is 0 Å². The lowest BCUT2D eigenvalue weighted by atomic mass is 10.1. The van der Waals surface area contributed by atoms with Gasteiger partial charge in [-0.15, -0.1) is 11.1 Å². The summed E-state index contributed by atoms with van der Waals surface area (Å²) in [4.78, 5) is 6.60. The Morgan fingerprint density at radius 2 is 0.703 bits per heavy atom. The number of rotatable bonds is 4. The van der Waals surface area contributed by atoms with Crippen molar-refractivity contribution in [3.8, 4) is 22.9 Å². The van der Waals surface area contributed by atoms with Gasteiger partial charge in [-0.25, -0.2) is 0 Å². The molecule has 0 spiro atoms. The van der Waals surface area contributed by atoms with Crippen LogP contribution in [0.2, 0.25) is 118 Å². The van der Waals surface area contributed by atoms with E-state index < -0.39 is 56.5 Å². The first-order valence-electron chi connectivity index (χ1n) is 14.0. The Morgan fingerprint density at radius 3 is 0.919 bits per heavy atom. The predicted octanol–water partition coefficient (Wildman–Crippen LogP) is 9.09. The van der Waals surface area contributed by atoms with Gasteiger partial charge in [-0.05, 0) is 9.64 Å². The largest absolute Gasteiger partial charge is 0.163 e. The molecule has 0 aromatic carbocycles. The van der Waals surface area contributed by atoms with Gasteiger partial charge in [-0.2, -0.15) is 0 Å². The van der Waals surface area contributed by atoms with E-state index >= 15 is 0 Å². The molecule has 0 atom stereocenters. The Bertz CT molecular complexity index is 1180. The summed E-state index contributed by atoms with van der Waals surface area (Å²) in [7, 11) is -12.3. The molecule has 37 heavy (non-hydrogen) atoms. The maximum atomic E-state index is 3.99. The Labute approximate surface area is 238 Å². The van der Waals surface area contributed by atoms with E-state index in [2.05, 4.69) is 152 Å². The van der Waals surface area contributed by atoms with Gasteiger partial charge in [0.05, 0.1) is 40.4 Å². The molecule has 0 bridgehead atoms. The molecule has 0 unspecified atom stereocenters. The van der Waals surface area contributed by atoms with Crippen molar-refractivity contribution in [3.63, 3.8) is 0 Å². The molecule has 0 N–H and O–H groups in total. The quantitative estimate of drug-likeness (QED) is 0.169. The second kappa shape index (κ2) is 9.80. The van der Waals surface area contributed by atoms with Crippen molar-refractivity contribution >= 4 is 56.5 Å². The molecule has 0 aromatic heterocycles. The number of hydrogen-bond acceptors (Lipinski definition) is 0. The maximum Gasteiger partial charge on any atom is 0.163 e. The second-order valence-electron chi connectivity index (χ2n) is 16.9. The van der Waals surface area contributed by atoms with E-state index in [4.69, 9.17) is 0 Å². The minimum atomic E-state index is -2.03. The number of hydrogen-bond donors (Lipinski definition) is 0. The molecular weight excluding hydrogens is 557 g/mol. The van der Waals surface area contributed by atoms with Crippen molar-refractivity contribution in [1.29, 1.82) is 0 Å². The summed E-state index contributed by atoms with van der Waals surface area (Å²) in [5, 5.41) is 0. The van der Waals surface area contributed by atoms with Crippen LogP contribution in [0.1, 0.15) is 0 Å². The Hall–Kier alpha value is -0.582. The molecule has 0 aliphatic carbocycles. The van der Waals surface area contributed by atoms with Crippen LogP contribution >= 0.6 is 0 Å². The zero-order valence-electron chi connectivity index (χ0n) is 27.5. The van der Waals surface area contributed by atoms with Crippen LogP contribution in [0, 0.1) is 22.9 Å². The maximum absolute atomic E-state index is 3.99. The first kappa shape index (κ1) is 32.6. The van der Waals surface area contributed by atoms with Crippen molar-refractivity contribution in [2.24, 2.45) is 0 Å². The van der Waals surface area contributed by atoms with Crippen molar-refractivity contribution in [3.05, 3.63) is 41.9 Å². The molecule has 202 valence electrons. The SMILES string of the molecule is C[Si](C)(C)C1=C=C=C([Si](C)(C)C)[Si](C)(C)C#CC2=C([Si](C)(C)C)[Si](C)(C)C([Si](C)(C)C)=C2C#C[Si]1(C)C. The van der Waals surface area contributed by atoms with Gasteiger partial charge >= 0.3 is 0 Å². The standard InChI is InChI=1S/C30H54Si7/c1-31(2,3)27-19-20-28(32(4,5)6)36(15,16)24-22-26-25(21-23-35(27,13)14)29(33(7,8)9)37(17,18)30(26)34(10,11)12/h1-18H3. The van der Waals surface area contributed by atoms with E-state index in [9.17, 15) is 0 Å². The van der Waals surface area contributed by atoms with Gasteiger partial charge in [0.15, 0.2) is 16.1 Å². The highest BCUT2D eigenvalue weighted by Gasteiger charge is 2.50. The molecule has 0 radical (unpaired) electrons. The fourth-order valence-corrected chi connectivity index (χ4v) is 45.1. The van der Waals surface area contributed by atoms with Crippen LogP contribution in [0.3, 0.4) is 0 Å². The van der Waals surface area contributed by atoms with E-state index in [0.717, 1.165) is 0 Å². The average Bonchev–Trinajstić information content (AvgIpc) is 2.84. The monoisotopic (exact) mass is 610 g/mol. The normalized spacial score (nSPS) is 21.6. The highest BCUT2D eigenvalue weighted by Crippen LogP contribution is 2.46. The van der Waals surface area contributed by atoms with Gasteiger partial charge in [0.2, 0.25) is 0 Å². The molecule has 2 aliphatic heterocycles. The Balaban J connectivity index is 3.32. The molecule has 2 rings (SSSR count). The summed E-state index contributed by atoms with van der Waals surface area (Å²) in [5.41, 5.74) is 18.5. The summed E-state index contributed by atoms with van der Waals surface area (Å²) in [6, 6.07) is 0. The fourth-order valence-electron chi connectivity index (χ4n) is 7.12. The van der Waals surface area contributed by atoms with E-state index in [0.29, 0.717) is 0 Å². The summed E-state index contributed by atoms with van der Waals surface area (Å²) in [5.74, 6) is 7.90. The molecule has 0 amide bonds. The van der Waals surface area contributed by atoms with Gasteiger partial charge in [0.1, 0.15) is 0 Å². The van der Waals surface area contributed by atoms with Crippen molar-refractivity contribution in [1.82, 2.24) is 0 Å². The zero-order chi connectivity index (χ0) is 29.2. The molecular formula is C30H54Si7. The van der Waals surface area contributed by atoms with Gasteiger partial charge in [-0.1, -0.05) is 151 Å². The minimum Gasteiger partial charge on any atom is -0.121 e. The van der Waals surface area contributed by atoms with Gasteiger partial charge < -0.3 is 0 Å². The Morgan fingerprint density at radius 1 is 0.432 bits per heavy atom. The number of fused-ring (bicyclic) bond motifs is 1. The molecule has 2 aliphatic rings. The van der Waals surface area contributed by atoms with Crippen LogP contribution in [0.25, 0.3) is 0 Å². The van der Waals surface area contributed by atoms with Crippen LogP contribution in [0.4, 0.5) is 0 Å². The fraction of sp³-hybridized carbons (Fsp3) is 0.600. The summed E-state index contributed by atoms with van der Waals surface area (Å²) in [6.07, 6.45) is 0. The van der Waals surface area contributed by atoms with Gasteiger partial charge in [-0.3, -0.25) is 0 Å². The third-order valence-corrected chi connectivity index (χ3v) is 38.1. The van der Waals surface area contributed by atoms with Crippen LogP contribution in [0.15, 0.2) is 41.9 Å².